The van der Waals surface area contributed by atoms with Crippen LogP contribution in [0.1, 0.15) is 38.2 Å². The lowest BCUT2D eigenvalue weighted by Gasteiger charge is -2.28. The molecule has 1 aliphatic heterocycles. The van der Waals surface area contributed by atoms with E-state index in [4.69, 9.17) is 14.1 Å². The average Bonchev–Trinajstić information content (AvgIpc) is 2.69. The molecule has 0 aromatic heterocycles. The first-order valence-corrected chi connectivity index (χ1v) is 10.9. The zero-order valence-electron chi connectivity index (χ0n) is 17.4. The maximum Gasteiger partial charge on any atom is 0.458 e. The second kappa shape index (κ2) is 11.8. The predicted octanol–water partition coefficient (Wildman–Crippen LogP) is 4.98. The Kier molecular flexibility index (Phi) is 9.75. The van der Waals surface area contributed by atoms with Gasteiger partial charge in [0.2, 0.25) is 0 Å². The molecule has 1 aliphatic rings. The van der Waals surface area contributed by atoms with Crippen LogP contribution >= 0.6 is 22.6 Å². The second-order valence-corrected chi connectivity index (χ2v) is 8.32. The van der Waals surface area contributed by atoms with E-state index in [0.29, 0.717) is 18.7 Å². The number of halogens is 1. The smallest absolute Gasteiger partial charge is 0.458 e. The number of hydrogen-bond acceptors (Lipinski definition) is 5. The molecule has 1 heterocycles. The predicted molar refractivity (Wildman–Crippen MR) is 126 cm³/mol. The van der Waals surface area contributed by atoms with Crippen LogP contribution in [0.5, 0.6) is 11.5 Å². The minimum atomic E-state index is -0.777. The van der Waals surface area contributed by atoms with Crippen molar-refractivity contribution < 1.29 is 24.3 Å². The van der Waals surface area contributed by atoms with Gasteiger partial charge in [-0.2, -0.15) is 0 Å². The van der Waals surface area contributed by atoms with Gasteiger partial charge in [0.1, 0.15) is 0 Å². The molecule has 0 fully saturated rings. The summed E-state index contributed by atoms with van der Waals surface area (Å²) in [6.07, 6.45) is 8.02. The van der Waals surface area contributed by atoms with Crippen LogP contribution in [-0.2, 0) is 9.39 Å². The highest BCUT2D eigenvalue weighted by Crippen LogP contribution is 2.34. The van der Waals surface area contributed by atoms with E-state index in [9.17, 15) is 10.1 Å². The number of benzene rings is 1. The summed E-state index contributed by atoms with van der Waals surface area (Å²) in [6, 6.07) is 3.79. The number of phenolic OH excluding ortho intramolecular Hbond substituents is 1. The zero-order valence-corrected chi connectivity index (χ0v) is 19.6. The number of phenols is 1. The summed E-state index contributed by atoms with van der Waals surface area (Å²) in [5.74, 6) is 0.636. The second-order valence-electron chi connectivity index (χ2n) is 7.16. The van der Waals surface area contributed by atoms with Gasteiger partial charge in [0.25, 0.3) is 0 Å². The van der Waals surface area contributed by atoms with Crippen molar-refractivity contribution in [1.29, 1.82) is 0 Å². The SMILES string of the molecule is C=C(COC)C1=CCB(O)OC1CC/C(=C/c1cc(I)c(O)c(OC)c1)CCC. The Bertz CT molecular complexity index is 775. The van der Waals surface area contributed by atoms with Crippen molar-refractivity contribution in [1.82, 2.24) is 0 Å². The van der Waals surface area contributed by atoms with Crippen molar-refractivity contribution in [2.45, 2.75) is 45.0 Å². The van der Waals surface area contributed by atoms with Gasteiger partial charge in [0.15, 0.2) is 11.5 Å². The highest BCUT2D eigenvalue weighted by Gasteiger charge is 2.28. The van der Waals surface area contributed by atoms with Gasteiger partial charge in [-0.1, -0.05) is 37.6 Å². The molecule has 2 N–H and O–H groups in total. The molecular formula is C22H30BIO5. The lowest BCUT2D eigenvalue weighted by molar-refractivity contribution is 0.176. The number of allylic oxidation sites excluding steroid dienone is 2. The van der Waals surface area contributed by atoms with Crippen LogP contribution in [0.3, 0.4) is 0 Å². The molecule has 7 heteroatoms. The van der Waals surface area contributed by atoms with E-state index in [-0.39, 0.29) is 11.9 Å². The van der Waals surface area contributed by atoms with Gasteiger partial charge >= 0.3 is 7.12 Å². The van der Waals surface area contributed by atoms with E-state index in [2.05, 4.69) is 42.2 Å². The third-order valence-corrected chi connectivity index (χ3v) is 5.70. The number of methoxy groups -OCH3 is 2. The Morgan fingerprint density at radius 3 is 2.79 bits per heavy atom. The van der Waals surface area contributed by atoms with Gasteiger partial charge in [0, 0.05) is 13.4 Å². The molecule has 1 aromatic carbocycles. The van der Waals surface area contributed by atoms with Gasteiger partial charge in [-0.05, 0) is 70.7 Å². The van der Waals surface area contributed by atoms with E-state index in [1.54, 1.807) is 14.2 Å². The number of rotatable bonds is 10. The van der Waals surface area contributed by atoms with Crippen molar-refractivity contribution in [3.63, 3.8) is 0 Å². The first kappa shape index (κ1) is 24.0. The van der Waals surface area contributed by atoms with Crippen LogP contribution in [0.4, 0.5) is 0 Å². The van der Waals surface area contributed by atoms with Crippen LogP contribution in [0, 0.1) is 3.57 Å². The summed E-state index contributed by atoms with van der Waals surface area (Å²) < 4.78 is 17.1. The fraction of sp³-hybridized carbons (Fsp3) is 0.455. The number of aromatic hydroxyl groups is 1. The van der Waals surface area contributed by atoms with Crippen molar-refractivity contribution in [3.05, 3.63) is 50.6 Å². The maximum atomic E-state index is 10.1. The van der Waals surface area contributed by atoms with Crippen molar-refractivity contribution in [2.75, 3.05) is 20.8 Å². The summed E-state index contributed by atoms with van der Waals surface area (Å²) in [4.78, 5) is 0. The average molecular weight is 512 g/mol. The Balaban J connectivity index is 2.18. The van der Waals surface area contributed by atoms with Crippen LogP contribution in [0.2, 0.25) is 6.32 Å². The first-order valence-electron chi connectivity index (χ1n) is 9.86. The van der Waals surface area contributed by atoms with E-state index in [1.807, 2.05) is 18.2 Å². The molecule has 1 aromatic rings. The number of hydrogen-bond donors (Lipinski definition) is 2. The minimum absolute atomic E-state index is 0.165. The molecule has 0 aliphatic carbocycles. The number of ether oxygens (including phenoxy) is 2. The molecular weight excluding hydrogens is 482 g/mol. The van der Waals surface area contributed by atoms with Gasteiger partial charge < -0.3 is 24.3 Å². The van der Waals surface area contributed by atoms with Crippen molar-refractivity contribution in [3.8, 4) is 11.5 Å². The Morgan fingerprint density at radius 1 is 1.38 bits per heavy atom. The van der Waals surface area contributed by atoms with Gasteiger partial charge in [-0.25, -0.2) is 0 Å². The van der Waals surface area contributed by atoms with Crippen LogP contribution < -0.4 is 4.74 Å². The summed E-state index contributed by atoms with van der Waals surface area (Å²) in [7, 11) is 2.42. The molecule has 5 nitrogen and oxygen atoms in total. The third-order valence-electron chi connectivity index (χ3n) is 4.87. The highest BCUT2D eigenvalue weighted by molar-refractivity contribution is 14.1. The van der Waals surface area contributed by atoms with Crippen LogP contribution in [0.25, 0.3) is 6.08 Å². The molecule has 0 radical (unpaired) electrons. The van der Waals surface area contributed by atoms with E-state index < -0.39 is 7.12 Å². The van der Waals surface area contributed by atoms with Crippen LogP contribution in [-0.4, -0.2) is 44.2 Å². The third kappa shape index (κ3) is 6.88. The topological polar surface area (TPSA) is 68.2 Å². The van der Waals surface area contributed by atoms with Gasteiger partial charge in [0.05, 0.1) is 23.4 Å². The van der Waals surface area contributed by atoms with E-state index in [1.165, 1.54) is 5.57 Å². The molecule has 1 unspecified atom stereocenters. The summed E-state index contributed by atoms with van der Waals surface area (Å²) in [5, 5.41) is 20.0. The highest BCUT2D eigenvalue weighted by atomic mass is 127. The summed E-state index contributed by atoms with van der Waals surface area (Å²) >= 11 is 2.11. The molecule has 1 atom stereocenters. The van der Waals surface area contributed by atoms with E-state index >= 15 is 0 Å². The molecule has 0 saturated carbocycles. The maximum absolute atomic E-state index is 10.1. The van der Waals surface area contributed by atoms with Crippen LogP contribution in [0.15, 0.2) is 41.5 Å². The Hall–Kier alpha value is -1.29. The largest absolute Gasteiger partial charge is 0.504 e. The van der Waals surface area contributed by atoms with Gasteiger partial charge in [-0.15, -0.1) is 0 Å². The lowest BCUT2D eigenvalue weighted by Crippen LogP contribution is -2.32. The molecule has 0 spiro atoms. The monoisotopic (exact) mass is 512 g/mol. The summed E-state index contributed by atoms with van der Waals surface area (Å²) in [5.41, 5.74) is 4.20. The molecule has 0 bridgehead atoms. The molecule has 0 saturated heterocycles. The van der Waals surface area contributed by atoms with E-state index in [0.717, 1.165) is 46.0 Å². The fourth-order valence-corrected chi connectivity index (χ4v) is 4.13. The molecule has 158 valence electrons. The molecule has 0 amide bonds. The quantitative estimate of drug-likeness (QED) is 0.342. The standard InChI is InChI=1S/C22H30BIO5/c1-5-6-16(11-17-12-19(24)22(25)21(13-17)28-4)7-8-20-18(15(2)14-27-3)9-10-23(26)29-20/h9,11-13,20,25-26H,2,5-8,10,14H2,1,3-4H3/b16-11+. The fourth-order valence-electron chi connectivity index (χ4n) is 3.51. The lowest BCUT2D eigenvalue weighted by atomic mass is 9.78. The summed E-state index contributed by atoms with van der Waals surface area (Å²) in [6.45, 7) is 6.71. The molecule has 2 rings (SSSR count). The first-order chi connectivity index (χ1) is 13.9. The van der Waals surface area contributed by atoms with Gasteiger partial charge in [-0.3, -0.25) is 0 Å². The Labute approximate surface area is 187 Å². The zero-order chi connectivity index (χ0) is 21.4. The van der Waals surface area contributed by atoms with Crippen molar-refractivity contribution >= 4 is 35.8 Å². The normalized spacial score (nSPS) is 17.3. The van der Waals surface area contributed by atoms with Crippen molar-refractivity contribution in [2.24, 2.45) is 0 Å². The molecule has 29 heavy (non-hydrogen) atoms. The Morgan fingerprint density at radius 2 is 2.14 bits per heavy atom. The minimum Gasteiger partial charge on any atom is -0.504 e.